The van der Waals surface area contributed by atoms with Gasteiger partial charge in [-0.3, -0.25) is 0 Å². The van der Waals surface area contributed by atoms with Gasteiger partial charge in [0.1, 0.15) is 5.82 Å². The highest BCUT2D eigenvalue weighted by Gasteiger charge is 2.35. The van der Waals surface area contributed by atoms with Gasteiger partial charge in [-0.2, -0.15) is 4.31 Å². The van der Waals surface area contributed by atoms with Crippen LogP contribution in [0.15, 0.2) is 23.1 Å². The normalized spacial score (nSPS) is 20.0. The maximum atomic E-state index is 13.7. The molecular formula is C13H19FN2O3S. The molecule has 0 atom stereocenters. The van der Waals surface area contributed by atoms with Crippen molar-refractivity contribution in [3.05, 3.63) is 29.6 Å². The predicted molar refractivity (Wildman–Crippen MR) is 72.9 cm³/mol. The Kier molecular flexibility index (Phi) is 4.15. The van der Waals surface area contributed by atoms with Crippen LogP contribution in [0.5, 0.6) is 0 Å². The lowest BCUT2D eigenvalue weighted by atomic mass is 9.95. The lowest BCUT2D eigenvalue weighted by molar-refractivity contribution is 0.0126. The van der Waals surface area contributed by atoms with E-state index in [-0.39, 0.29) is 30.1 Å². The largest absolute Gasteiger partial charge is 0.390 e. The number of piperidine rings is 1. The molecule has 0 aromatic heterocycles. The molecule has 0 amide bonds. The molecule has 1 aromatic rings. The van der Waals surface area contributed by atoms with Crippen LogP contribution in [0.25, 0.3) is 0 Å². The summed E-state index contributed by atoms with van der Waals surface area (Å²) in [5.41, 5.74) is 4.62. The number of benzene rings is 1. The van der Waals surface area contributed by atoms with Gasteiger partial charge in [-0.05, 0) is 31.9 Å². The van der Waals surface area contributed by atoms with E-state index in [1.807, 2.05) is 0 Å². The van der Waals surface area contributed by atoms with E-state index in [9.17, 15) is 17.9 Å². The summed E-state index contributed by atoms with van der Waals surface area (Å²) in [5, 5.41) is 9.87. The first-order valence-corrected chi connectivity index (χ1v) is 7.92. The van der Waals surface area contributed by atoms with Gasteiger partial charge < -0.3 is 10.8 Å². The molecule has 1 aliphatic rings. The lowest BCUT2D eigenvalue weighted by Crippen LogP contribution is -2.45. The van der Waals surface area contributed by atoms with Crippen LogP contribution in [0.4, 0.5) is 4.39 Å². The Balaban J connectivity index is 2.35. The summed E-state index contributed by atoms with van der Waals surface area (Å²) in [7, 11) is -3.78. The van der Waals surface area contributed by atoms with Gasteiger partial charge in [-0.15, -0.1) is 0 Å². The van der Waals surface area contributed by atoms with Gasteiger partial charge in [-0.1, -0.05) is 6.07 Å². The van der Waals surface area contributed by atoms with Crippen molar-refractivity contribution < 1.29 is 17.9 Å². The van der Waals surface area contributed by atoms with Crippen molar-refractivity contribution in [2.75, 3.05) is 13.1 Å². The standard InChI is InChI=1S/C13H19FN2O3S/c1-13(17)5-7-16(8-6-13)20(18,19)12-4-2-3-11(14)10(12)9-15/h2-4,17H,5-9,15H2,1H3. The van der Waals surface area contributed by atoms with Crippen molar-refractivity contribution >= 4 is 10.0 Å². The van der Waals surface area contributed by atoms with Crippen LogP contribution in [0.3, 0.4) is 0 Å². The smallest absolute Gasteiger partial charge is 0.243 e. The number of halogens is 1. The van der Waals surface area contributed by atoms with E-state index < -0.39 is 21.4 Å². The molecule has 0 bridgehead atoms. The van der Waals surface area contributed by atoms with Crippen LogP contribution < -0.4 is 5.73 Å². The predicted octanol–water partition coefficient (Wildman–Crippen LogP) is 0.820. The number of sulfonamides is 1. The monoisotopic (exact) mass is 302 g/mol. The first-order chi connectivity index (χ1) is 9.28. The fourth-order valence-corrected chi connectivity index (χ4v) is 4.01. The van der Waals surface area contributed by atoms with Gasteiger partial charge in [0.05, 0.1) is 10.5 Å². The Hall–Kier alpha value is -1.02. The summed E-state index contributed by atoms with van der Waals surface area (Å²) < 4.78 is 40.0. The number of rotatable bonds is 3. The van der Waals surface area contributed by atoms with Crippen LogP contribution in [-0.2, 0) is 16.6 Å². The first kappa shape index (κ1) is 15.4. The van der Waals surface area contributed by atoms with Crippen LogP contribution in [0, 0.1) is 5.82 Å². The SMILES string of the molecule is CC1(O)CCN(S(=O)(=O)c2cccc(F)c2CN)CC1. The van der Waals surface area contributed by atoms with E-state index >= 15 is 0 Å². The fraction of sp³-hybridized carbons (Fsp3) is 0.538. The average Bonchev–Trinajstić information content (AvgIpc) is 2.38. The Bertz CT molecular complexity index is 592. The van der Waals surface area contributed by atoms with Crippen LogP contribution in [0.1, 0.15) is 25.3 Å². The second-order valence-corrected chi connectivity index (χ2v) is 7.23. The van der Waals surface area contributed by atoms with Gasteiger partial charge in [-0.25, -0.2) is 12.8 Å². The third-order valence-corrected chi connectivity index (χ3v) is 5.68. The fourth-order valence-electron chi connectivity index (χ4n) is 2.33. The van der Waals surface area contributed by atoms with Crippen molar-refractivity contribution in [1.29, 1.82) is 0 Å². The number of hydrogen-bond acceptors (Lipinski definition) is 4. The summed E-state index contributed by atoms with van der Waals surface area (Å²) in [6.07, 6.45) is 0.721. The molecule has 1 aliphatic heterocycles. The van der Waals surface area contributed by atoms with E-state index in [4.69, 9.17) is 5.73 Å². The highest BCUT2D eigenvalue weighted by atomic mass is 32.2. The van der Waals surface area contributed by atoms with Crippen molar-refractivity contribution in [3.8, 4) is 0 Å². The quantitative estimate of drug-likeness (QED) is 0.866. The molecule has 0 saturated carbocycles. The Morgan fingerprint density at radius 3 is 2.55 bits per heavy atom. The number of nitrogens with two attached hydrogens (primary N) is 1. The maximum absolute atomic E-state index is 13.7. The van der Waals surface area contributed by atoms with Crippen LogP contribution in [-0.4, -0.2) is 36.5 Å². The third kappa shape index (κ3) is 2.85. The van der Waals surface area contributed by atoms with Crippen molar-refractivity contribution in [2.45, 2.75) is 36.8 Å². The minimum absolute atomic E-state index is 0.00448. The summed E-state index contributed by atoms with van der Waals surface area (Å²) in [4.78, 5) is -0.0819. The van der Waals surface area contributed by atoms with E-state index in [0.29, 0.717) is 12.8 Å². The zero-order chi connectivity index (χ0) is 15.0. The Labute approximate surface area is 118 Å². The summed E-state index contributed by atoms with van der Waals surface area (Å²) in [6.45, 7) is 1.95. The summed E-state index contributed by atoms with van der Waals surface area (Å²) in [6, 6.07) is 3.93. The summed E-state index contributed by atoms with van der Waals surface area (Å²) in [5.74, 6) is -0.613. The lowest BCUT2D eigenvalue weighted by Gasteiger charge is -2.35. The van der Waals surface area contributed by atoms with E-state index in [2.05, 4.69) is 0 Å². The van der Waals surface area contributed by atoms with Gasteiger partial charge >= 0.3 is 0 Å². The molecule has 7 heteroatoms. The van der Waals surface area contributed by atoms with Crippen molar-refractivity contribution in [2.24, 2.45) is 5.73 Å². The molecular weight excluding hydrogens is 283 g/mol. The second kappa shape index (κ2) is 5.40. The van der Waals surface area contributed by atoms with Gasteiger partial charge in [0.2, 0.25) is 10.0 Å². The molecule has 0 spiro atoms. The van der Waals surface area contributed by atoms with Gasteiger partial charge in [0, 0.05) is 25.2 Å². The van der Waals surface area contributed by atoms with Crippen molar-refractivity contribution in [1.82, 2.24) is 4.31 Å². The zero-order valence-electron chi connectivity index (χ0n) is 11.3. The van der Waals surface area contributed by atoms with Crippen LogP contribution >= 0.6 is 0 Å². The molecule has 5 nitrogen and oxygen atoms in total. The number of nitrogens with zero attached hydrogens (tertiary/aromatic N) is 1. The number of hydrogen-bond donors (Lipinski definition) is 2. The molecule has 1 fully saturated rings. The average molecular weight is 302 g/mol. The van der Waals surface area contributed by atoms with E-state index in [1.165, 1.54) is 22.5 Å². The van der Waals surface area contributed by atoms with Gasteiger partial charge in [0.25, 0.3) is 0 Å². The minimum Gasteiger partial charge on any atom is -0.390 e. The molecule has 0 aliphatic carbocycles. The zero-order valence-corrected chi connectivity index (χ0v) is 12.2. The topological polar surface area (TPSA) is 83.6 Å². The Morgan fingerprint density at radius 2 is 2.00 bits per heavy atom. The molecule has 2 rings (SSSR count). The molecule has 1 aromatic carbocycles. The maximum Gasteiger partial charge on any atom is 0.243 e. The highest BCUT2D eigenvalue weighted by molar-refractivity contribution is 7.89. The Morgan fingerprint density at radius 1 is 1.40 bits per heavy atom. The molecule has 0 unspecified atom stereocenters. The molecule has 1 saturated heterocycles. The molecule has 0 radical (unpaired) electrons. The molecule has 1 heterocycles. The second-order valence-electron chi connectivity index (χ2n) is 5.32. The third-order valence-electron chi connectivity index (χ3n) is 3.70. The van der Waals surface area contributed by atoms with Crippen LogP contribution in [0.2, 0.25) is 0 Å². The van der Waals surface area contributed by atoms with Crippen molar-refractivity contribution in [3.63, 3.8) is 0 Å². The highest BCUT2D eigenvalue weighted by Crippen LogP contribution is 2.28. The first-order valence-electron chi connectivity index (χ1n) is 6.48. The van der Waals surface area contributed by atoms with E-state index in [1.54, 1.807) is 6.92 Å². The van der Waals surface area contributed by atoms with E-state index in [0.717, 1.165) is 0 Å². The van der Waals surface area contributed by atoms with Gasteiger partial charge in [0.15, 0.2) is 0 Å². The minimum atomic E-state index is -3.78. The number of aliphatic hydroxyl groups is 1. The molecule has 3 N–H and O–H groups in total. The molecule has 112 valence electrons. The summed E-state index contributed by atoms with van der Waals surface area (Å²) >= 11 is 0. The molecule has 20 heavy (non-hydrogen) atoms.